The van der Waals surface area contributed by atoms with Crippen LogP contribution in [0.1, 0.15) is 6.92 Å². The van der Waals surface area contributed by atoms with Crippen LogP contribution in [-0.2, 0) is 4.79 Å². The average molecular weight is 68.1 g/mol. The molecule has 0 fully saturated rings. The highest BCUT2D eigenvalue weighted by Crippen LogP contribution is 1.37. The number of rotatable bonds is 0. The van der Waals surface area contributed by atoms with Gasteiger partial charge in [-0.25, -0.2) is 0 Å². The topological polar surface area (TPSA) is 17.1 Å². The van der Waals surface area contributed by atoms with Gasteiger partial charge in [0.2, 0.25) is 0 Å². The second-order valence-electron chi connectivity index (χ2n) is 0.512. The highest BCUT2D eigenvalue weighted by atomic mass is 16.1. The Labute approximate surface area is 31.0 Å². The third-order valence-electron chi connectivity index (χ3n) is 0.203. The molecule has 0 aromatic heterocycles. The molecule has 0 unspecified atom stereocenters. The Kier molecular flexibility index (Phi) is 2.73. The molecule has 0 bridgehead atoms. The fraction of sp³-hybridized carbons (Fsp3) is 0.250. The maximum Gasteiger partial charge on any atom is 0.192 e. The minimum Gasteiger partial charge on any atom is -0.289 e. The van der Waals surface area contributed by atoms with Crippen molar-refractivity contribution in [1.29, 1.82) is 0 Å². The van der Waals surface area contributed by atoms with Gasteiger partial charge in [0, 0.05) is 0 Å². The summed E-state index contributed by atoms with van der Waals surface area (Å²) in [7, 11) is 0. The van der Waals surface area contributed by atoms with E-state index in [0.717, 1.165) is 0 Å². The molecule has 0 aromatic rings. The van der Waals surface area contributed by atoms with Crippen LogP contribution >= 0.6 is 0 Å². The van der Waals surface area contributed by atoms with Crippen molar-refractivity contribution in [2.45, 2.75) is 6.92 Å². The molecule has 26 valence electrons. The van der Waals surface area contributed by atoms with E-state index in [-0.39, 0.29) is 0 Å². The van der Waals surface area contributed by atoms with Crippen molar-refractivity contribution in [2.24, 2.45) is 0 Å². The number of aldehydes is 1. The molecule has 0 saturated heterocycles. The highest BCUT2D eigenvalue weighted by molar-refractivity contribution is 5.72. The second-order valence-corrected chi connectivity index (χ2v) is 0.512. The van der Waals surface area contributed by atoms with Gasteiger partial charge in [0.05, 0.1) is 0 Å². The van der Waals surface area contributed by atoms with Crippen molar-refractivity contribution in [3.05, 3.63) is 0 Å². The Bertz CT molecular complexity index is 73.4. The van der Waals surface area contributed by atoms with Crippen LogP contribution in [-0.4, -0.2) is 6.29 Å². The molecule has 0 atom stereocenters. The molecule has 0 aliphatic heterocycles. The molecule has 1 heteroatoms. The summed E-state index contributed by atoms with van der Waals surface area (Å²) in [5, 5.41) is 0. The summed E-state index contributed by atoms with van der Waals surface area (Å²) in [5.41, 5.74) is 0. The van der Waals surface area contributed by atoms with Crippen LogP contribution in [0.2, 0.25) is 0 Å². The van der Waals surface area contributed by atoms with Crippen molar-refractivity contribution in [3.63, 3.8) is 0 Å². The molecular formula is C4H4O. The third-order valence-corrected chi connectivity index (χ3v) is 0.203. The van der Waals surface area contributed by atoms with Crippen molar-refractivity contribution in [3.8, 4) is 11.8 Å². The quantitative estimate of drug-likeness (QED) is 0.293. The molecule has 0 radical (unpaired) electrons. The Morgan fingerprint density at radius 2 is 2.40 bits per heavy atom. The molecule has 5 heavy (non-hydrogen) atoms. The van der Waals surface area contributed by atoms with E-state index in [1.807, 2.05) is 0 Å². The average Bonchev–Trinajstić information content (AvgIpc) is 1.41. The first-order chi connectivity index (χ1) is 2.41. The van der Waals surface area contributed by atoms with Crippen LogP contribution in [0.15, 0.2) is 0 Å². The van der Waals surface area contributed by atoms with Crippen LogP contribution in [0.3, 0.4) is 0 Å². The maximum absolute atomic E-state index is 9.23. The minimum atomic E-state index is 0.569. The van der Waals surface area contributed by atoms with E-state index in [4.69, 9.17) is 0 Å². The SMILES string of the molecule is CC#CC=O. The second kappa shape index (κ2) is 3.23. The molecule has 0 amide bonds. The summed E-state index contributed by atoms with van der Waals surface area (Å²) in [4.78, 5) is 9.23. The van der Waals surface area contributed by atoms with Crippen molar-refractivity contribution in [2.75, 3.05) is 0 Å². The molecule has 0 saturated carbocycles. The van der Waals surface area contributed by atoms with E-state index in [1.54, 1.807) is 6.92 Å². The lowest BCUT2D eigenvalue weighted by atomic mass is 10.7. The molecule has 0 aromatic carbocycles. The molecule has 0 spiro atoms. The van der Waals surface area contributed by atoms with Crippen LogP contribution in [0.4, 0.5) is 0 Å². The maximum atomic E-state index is 9.23. The number of carbonyl (C=O) groups is 1. The monoisotopic (exact) mass is 68.0 g/mol. The summed E-state index contributed by atoms with van der Waals surface area (Å²) < 4.78 is 0. The predicted octanol–water partition coefficient (Wildman–Crippen LogP) is 0.209. The van der Waals surface area contributed by atoms with Crippen LogP contribution in [0.25, 0.3) is 0 Å². The van der Waals surface area contributed by atoms with E-state index in [2.05, 4.69) is 11.8 Å². The zero-order valence-corrected chi connectivity index (χ0v) is 2.99. The van der Waals surface area contributed by atoms with Gasteiger partial charge in [-0.3, -0.25) is 4.79 Å². The Balaban J connectivity index is 3.16. The molecule has 1 nitrogen and oxygen atoms in total. The van der Waals surface area contributed by atoms with Gasteiger partial charge in [-0.15, -0.1) is 0 Å². The van der Waals surface area contributed by atoms with Gasteiger partial charge < -0.3 is 0 Å². The Hall–Kier alpha value is -0.770. The summed E-state index contributed by atoms with van der Waals surface area (Å²) in [6, 6.07) is 0. The standard InChI is InChI=1S/C4H4O/c1-2-3-4-5/h4H,1H3. The Morgan fingerprint density at radius 3 is 2.40 bits per heavy atom. The minimum absolute atomic E-state index is 0.569. The van der Waals surface area contributed by atoms with Crippen molar-refractivity contribution >= 4 is 6.29 Å². The molecule has 0 heterocycles. The first-order valence-electron chi connectivity index (χ1n) is 1.27. The summed E-state index contributed by atoms with van der Waals surface area (Å²) in [5.74, 6) is 4.58. The normalized spacial score (nSPS) is 4.20. The number of hydrogen-bond donors (Lipinski definition) is 0. The van der Waals surface area contributed by atoms with Crippen LogP contribution in [0, 0.1) is 11.8 Å². The summed E-state index contributed by atoms with van der Waals surface area (Å²) in [6.07, 6.45) is 0.569. The van der Waals surface area contributed by atoms with E-state index < -0.39 is 0 Å². The first-order valence-corrected chi connectivity index (χ1v) is 1.27. The van der Waals surface area contributed by atoms with Gasteiger partial charge in [0.1, 0.15) is 0 Å². The van der Waals surface area contributed by atoms with Gasteiger partial charge >= 0.3 is 0 Å². The summed E-state index contributed by atoms with van der Waals surface area (Å²) in [6.45, 7) is 1.62. The van der Waals surface area contributed by atoms with E-state index in [1.165, 1.54) is 0 Å². The van der Waals surface area contributed by atoms with E-state index in [0.29, 0.717) is 6.29 Å². The largest absolute Gasteiger partial charge is 0.289 e. The van der Waals surface area contributed by atoms with Gasteiger partial charge in [0.15, 0.2) is 6.29 Å². The van der Waals surface area contributed by atoms with Crippen LogP contribution < -0.4 is 0 Å². The molecule has 0 aliphatic rings. The van der Waals surface area contributed by atoms with Crippen molar-refractivity contribution < 1.29 is 4.79 Å². The molecule has 0 aliphatic carbocycles. The highest BCUT2D eigenvalue weighted by Gasteiger charge is 1.43. The smallest absolute Gasteiger partial charge is 0.192 e. The fourth-order valence-corrected chi connectivity index (χ4v) is 0.0589. The fourth-order valence-electron chi connectivity index (χ4n) is 0.0589. The van der Waals surface area contributed by atoms with Gasteiger partial charge in [-0.1, -0.05) is 5.92 Å². The lowest BCUT2D eigenvalue weighted by Gasteiger charge is -1.42. The van der Waals surface area contributed by atoms with Gasteiger partial charge in [-0.05, 0) is 12.8 Å². The van der Waals surface area contributed by atoms with Crippen LogP contribution in [0.5, 0.6) is 0 Å². The van der Waals surface area contributed by atoms with Crippen molar-refractivity contribution in [1.82, 2.24) is 0 Å². The van der Waals surface area contributed by atoms with E-state index >= 15 is 0 Å². The number of carbonyl (C=O) groups excluding carboxylic acids is 1. The predicted molar refractivity (Wildman–Crippen MR) is 19.5 cm³/mol. The molecular weight excluding hydrogens is 64.0 g/mol. The Morgan fingerprint density at radius 1 is 1.80 bits per heavy atom. The lowest BCUT2D eigenvalue weighted by molar-refractivity contribution is -0.103. The van der Waals surface area contributed by atoms with E-state index in [9.17, 15) is 4.79 Å². The zero-order valence-electron chi connectivity index (χ0n) is 2.99. The van der Waals surface area contributed by atoms with Gasteiger partial charge in [0.25, 0.3) is 0 Å². The third kappa shape index (κ3) is 3.23. The van der Waals surface area contributed by atoms with Gasteiger partial charge in [-0.2, -0.15) is 0 Å². The lowest BCUT2D eigenvalue weighted by Crippen LogP contribution is -1.51. The summed E-state index contributed by atoms with van der Waals surface area (Å²) >= 11 is 0. The first kappa shape index (κ1) is 4.23. The molecule has 0 rings (SSSR count). The number of hydrogen-bond acceptors (Lipinski definition) is 1. The molecule has 0 N–H and O–H groups in total. The zero-order chi connectivity index (χ0) is 4.12.